The van der Waals surface area contributed by atoms with Crippen LogP contribution in [-0.4, -0.2) is 72.6 Å². The van der Waals surface area contributed by atoms with Crippen LogP contribution in [0.15, 0.2) is 30.3 Å². The van der Waals surface area contributed by atoms with Crippen LogP contribution >= 0.6 is 0 Å². The third-order valence-corrected chi connectivity index (χ3v) is 4.29. The summed E-state index contributed by atoms with van der Waals surface area (Å²) in [6.45, 7) is 2.06. The van der Waals surface area contributed by atoms with Gasteiger partial charge in [-0.25, -0.2) is 0 Å². The maximum absolute atomic E-state index is 12.3. The number of piperidine rings is 1. The molecule has 0 saturated carbocycles. The second-order valence-corrected chi connectivity index (χ2v) is 6.04. The zero-order chi connectivity index (χ0) is 16.7. The van der Waals surface area contributed by atoms with Crippen molar-refractivity contribution in [1.29, 1.82) is 0 Å². The highest BCUT2D eigenvalue weighted by atomic mass is 16.5. The van der Waals surface area contributed by atoms with Gasteiger partial charge in [0.05, 0.1) is 13.0 Å². The van der Waals surface area contributed by atoms with Crippen molar-refractivity contribution in [3.05, 3.63) is 35.9 Å². The van der Waals surface area contributed by atoms with Gasteiger partial charge in [-0.1, -0.05) is 30.3 Å². The number of rotatable bonds is 7. The van der Waals surface area contributed by atoms with E-state index in [2.05, 4.69) is 5.32 Å². The number of aliphatic hydroxyl groups excluding tert-OH is 1. The minimum atomic E-state index is -1.20. The van der Waals surface area contributed by atoms with Crippen LogP contribution < -0.4 is 5.32 Å². The average molecular weight is 322 g/mol. The summed E-state index contributed by atoms with van der Waals surface area (Å²) < 4.78 is 4.94. The Morgan fingerprint density at radius 3 is 2.83 bits per heavy atom. The van der Waals surface area contributed by atoms with Gasteiger partial charge in [-0.15, -0.1) is 0 Å². The molecule has 2 rings (SSSR count). The number of carbonyl (C=O) groups excluding carboxylic acids is 1. The van der Waals surface area contributed by atoms with E-state index in [4.69, 9.17) is 4.74 Å². The predicted molar refractivity (Wildman–Crippen MR) is 87.0 cm³/mol. The first-order valence-corrected chi connectivity index (χ1v) is 7.97. The maximum atomic E-state index is 12.3. The van der Waals surface area contributed by atoms with Gasteiger partial charge in [0.25, 0.3) is 0 Å². The molecule has 1 amide bonds. The van der Waals surface area contributed by atoms with Crippen LogP contribution in [0.4, 0.5) is 0 Å². The predicted octanol–water partition coefficient (Wildman–Crippen LogP) is -0.211. The van der Waals surface area contributed by atoms with Crippen molar-refractivity contribution in [3.8, 4) is 0 Å². The Bertz CT molecular complexity index is 497. The zero-order valence-electron chi connectivity index (χ0n) is 13.6. The Kier molecular flexibility index (Phi) is 6.53. The van der Waals surface area contributed by atoms with Crippen molar-refractivity contribution in [2.75, 3.05) is 39.9 Å². The number of carbonyl (C=O) groups is 1. The van der Waals surface area contributed by atoms with Gasteiger partial charge in [0.15, 0.2) is 0 Å². The number of ether oxygens (including phenoxy) is 1. The standard InChI is InChI=1S/C17H26N2O4/c1-23-10-8-18-13-17(22)7-9-19(12-15(17)20)16(21)11-14-5-3-2-4-6-14/h2-6,15,18,20,22H,7-13H2,1H3/t15-,17-/m0/s1. The van der Waals surface area contributed by atoms with Crippen LogP contribution in [-0.2, 0) is 16.0 Å². The van der Waals surface area contributed by atoms with Gasteiger partial charge in [-0.3, -0.25) is 4.79 Å². The van der Waals surface area contributed by atoms with Crippen molar-refractivity contribution in [3.63, 3.8) is 0 Å². The lowest BCUT2D eigenvalue weighted by molar-refractivity contribution is -0.148. The van der Waals surface area contributed by atoms with Crippen molar-refractivity contribution < 1.29 is 19.7 Å². The van der Waals surface area contributed by atoms with E-state index < -0.39 is 11.7 Å². The number of hydrogen-bond acceptors (Lipinski definition) is 5. The molecule has 0 unspecified atom stereocenters. The topological polar surface area (TPSA) is 82.0 Å². The second-order valence-electron chi connectivity index (χ2n) is 6.04. The molecular weight excluding hydrogens is 296 g/mol. The molecule has 1 aliphatic heterocycles. The van der Waals surface area contributed by atoms with E-state index in [1.54, 1.807) is 12.0 Å². The third-order valence-electron chi connectivity index (χ3n) is 4.29. The lowest BCUT2D eigenvalue weighted by Crippen LogP contribution is -2.61. The quantitative estimate of drug-likeness (QED) is 0.605. The molecule has 2 atom stereocenters. The molecule has 128 valence electrons. The number of methoxy groups -OCH3 is 1. The molecule has 1 fully saturated rings. The molecule has 0 aromatic heterocycles. The first-order chi connectivity index (χ1) is 11.0. The average Bonchev–Trinajstić information content (AvgIpc) is 2.55. The smallest absolute Gasteiger partial charge is 0.227 e. The van der Waals surface area contributed by atoms with E-state index >= 15 is 0 Å². The fourth-order valence-corrected chi connectivity index (χ4v) is 2.76. The number of hydrogen-bond donors (Lipinski definition) is 3. The summed E-state index contributed by atoms with van der Waals surface area (Å²) in [6, 6.07) is 9.54. The molecule has 0 radical (unpaired) electrons. The summed E-state index contributed by atoms with van der Waals surface area (Å²) in [5, 5.41) is 23.9. The highest BCUT2D eigenvalue weighted by molar-refractivity contribution is 5.79. The lowest BCUT2D eigenvalue weighted by Gasteiger charge is -2.42. The van der Waals surface area contributed by atoms with E-state index in [9.17, 15) is 15.0 Å². The van der Waals surface area contributed by atoms with Crippen molar-refractivity contribution in [2.45, 2.75) is 24.5 Å². The lowest BCUT2D eigenvalue weighted by atomic mass is 9.88. The third kappa shape index (κ3) is 5.00. The Hall–Kier alpha value is -1.47. The summed E-state index contributed by atoms with van der Waals surface area (Å²) in [6.07, 6.45) is -0.279. The normalized spacial score (nSPS) is 24.7. The highest BCUT2D eigenvalue weighted by Crippen LogP contribution is 2.22. The fourth-order valence-electron chi connectivity index (χ4n) is 2.76. The monoisotopic (exact) mass is 322 g/mol. The molecule has 1 aromatic rings. The molecule has 1 heterocycles. The first kappa shape index (κ1) is 17.9. The van der Waals surface area contributed by atoms with Crippen LogP contribution in [0.5, 0.6) is 0 Å². The maximum Gasteiger partial charge on any atom is 0.227 e. The molecule has 3 N–H and O–H groups in total. The van der Waals surface area contributed by atoms with E-state index in [1.807, 2.05) is 30.3 Å². The van der Waals surface area contributed by atoms with E-state index in [-0.39, 0.29) is 19.0 Å². The SMILES string of the molecule is COCCNC[C@@]1(O)CCN(C(=O)Cc2ccccc2)C[C@@H]1O. The van der Waals surface area contributed by atoms with Gasteiger partial charge in [-0.2, -0.15) is 0 Å². The van der Waals surface area contributed by atoms with Crippen LogP contribution in [0, 0.1) is 0 Å². The number of aliphatic hydroxyl groups is 2. The van der Waals surface area contributed by atoms with E-state index in [0.717, 1.165) is 5.56 Å². The fraction of sp³-hybridized carbons (Fsp3) is 0.588. The summed E-state index contributed by atoms with van der Waals surface area (Å²) in [5.41, 5.74) is -0.244. The number of benzene rings is 1. The van der Waals surface area contributed by atoms with Crippen molar-refractivity contribution in [1.82, 2.24) is 10.2 Å². The molecule has 23 heavy (non-hydrogen) atoms. The van der Waals surface area contributed by atoms with Gasteiger partial charge in [0.1, 0.15) is 11.7 Å². The molecule has 1 aliphatic rings. The van der Waals surface area contributed by atoms with Crippen LogP contribution in [0.1, 0.15) is 12.0 Å². The largest absolute Gasteiger partial charge is 0.388 e. The van der Waals surface area contributed by atoms with Gasteiger partial charge in [0.2, 0.25) is 5.91 Å². The Morgan fingerprint density at radius 1 is 1.43 bits per heavy atom. The highest BCUT2D eigenvalue weighted by Gasteiger charge is 2.41. The summed E-state index contributed by atoms with van der Waals surface area (Å²) in [5.74, 6) is -0.0235. The molecule has 6 heteroatoms. The van der Waals surface area contributed by atoms with Gasteiger partial charge < -0.3 is 25.2 Å². The van der Waals surface area contributed by atoms with Crippen LogP contribution in [0.3, 0.4) is 0 Å². The Balaban J connectivity index is 1.84. The molecular formula is C17H26N2O4. The van der Waals surface area contributed by atoms with Gasteiger partial charge >= 0.3 is 0 Å². The number of amides is 1. The molecule has 6 nitrogen and oxygen atoms in total. The summed E-state index contributed by atoms with van der Waals surface area (Å²) in [4.78, 5) is 14.0. The molecule has 1 aromatic carbocycles. The number of β-amino-alcohol motifs (C(OH)–C–C–N with tert-alkyl or cyclic N) is 1. The molecule has 0 spiro atoms. The van der Waals surface area contributed by atoms with Gasteiger partial charge in [0, 0.05) is 33.3 Å². The van der Waals surface area contributed by atoms with Crippen LogP contribution in [0.2, 0.25) is 0 Å². The molecule has 1 saturated heterocycles. The van der Waals surface area contributed by atoms with Crippen LogP contribution in [0.25, 0.3) is 0 Å². The molecule has 0 bridgehead atoms. The number of likely N-dealkylation sites (tertiary alicyclic amines) is 1. The summed E-state index contributed by atoms with van der Waals surface area (Å²) >= 11 is 0. The van der Waals surface area contributed by atoms with E-state index in [0.29, 0.717) is 32.5 Å². The minimum Gasteiger partial charge on any atom is -0.388 e. The number of nitrogens with one attached hydrogen (secondary N) is 1. The zero-order valence-corrected chi connectivity index (χ0v) is 13.6. The summed E-state index contributed by atoms with van der Waals surface area (Å²) in [7, 11) is 1.61. The van der Waals surface area contributed by atoms with E-state index in [1.165, 1.54) is 0 Å². The minimum absolute atomic E-state index is 0.0235. The first-order valence-electron chi connectivity index (χ1n) is 7.97. The Labute approximate surface area is 137 Å². The van der Waals surface area contributed by atoms with Gasteiger partial charge in [-0.05, 0) is 12.0 Å². The number of nitrogens with zero attached hydrogens (tertiary/aromatic N) is 1. The molecule has 0 aliphatic carbocycles. The van der Waals surface area contributed by atoms with Crippen molar-refractivity contribution in [2.24, 2.45) is 0 Å². The second kappa shape index (κ2) is 8.40. The van der Waals surface area contributed by atoms with Crippen molar-refractivity contribution >= 4 is 5.91 Å². The Morgan fingerprint density at radius 2 is 2.17 bits per heavy atom.